The fraction of sp³-hybridized carbons (Fsp3) is 0.235. The van der Waals surface area contributed by atoms with Crippen molar-refractivity contribution in [2.24, 2.45) is 0 Å². The highest BCUT2D eigenvalue weighted by atomic mass is 32.2. The maximum Gasteiger partial charge on any atom is 0.416 e. The van der Waals surface area contributed by atoms with Crippen molar-refractivity contribution < 1.29 is 18.0 Å². The predicted molar refractivity (Wildman–Crippen MR) is 106 cm³/mol. The van der Waals surface area contributed by atoms with Crippen molar-refractivity contribution in [3.8, 4) is 0 Å². The lowest BCUT2D eigenvalue weighted by Crippen LogP contribution is -2.12. The van der Waals surface area contributed by atoms with Gasteiger partial charge in [0.1, 0.15) is 5.03 Å². The van der Waals surface area contributed by atoms with Crippen LogP contribution in [0.25, 0.3) is 0 Å². The van der Waals surface area contributed by atoms with Gasteiger partial charge in [0.25, 0.3) is 5.91 Å². The van der Waals surface area contributed by atoms with Crippen LogP contribution in [-0.4, -0.2) is 32.6 Å². The Morgan fingerprint density at radius 2 is 2.07 bits per heavy atom. The topological polar surface area (TPSA) is 59.8 Å². The van der Waals surface area contributed by atoms with Crippen LogP contribution < -0.4 is 5.32 Å². The van der Waals surface area contributed by atoms with Crippen molar-refractivity contribution in [3.63, 3.8) is 0 Å². The largest absolute Gasteiger partial charge is 0.416 e. The Labute approximate surface area is 171 Å². The third-order valence-electron chi connectivity index (χ3n) is 3.73. The van der Waals surface area contributed by atoms with Crippen LogP contribution in [0.1, 0.15) is 21.5 Å². The van der Waals surface area contributed by atoms with Gasteiger partial charge in [-0.25, -0.2) is 0 Å². The molecule has 0 saturated carbocycles. The van der Waals surface area contributed by atoms with Crippen LogP contribution in [0.4, 0.5) is 18.9 Å². The number of hydrogen-bond donors (Lipinski definition) is 1. The average Bonchev–Trinajstić information content (AvgIpc) is 3.27. The number of hydrogen-bond acceptors (Lipinski definition) is 6. The van der Waals surface area contributed by atoms with Crippen molar-refractivity contribution >= 4 is 46.7 Å². The molecule has 0 radical (unpaired) electrons. The minimum atomic E-state index is -4.39. The van der Waals surface area contributed by atoms with Gasteiger partial charge < -0.3 is 5.32 Å². The van der Waals surface area contributed by atoms with Crippen LogP contribution in [-0.2, 0) is 12.7 Å². The van der Waals surface area contributed by atoms with Crippen molar-refractivity contribution in [2.45, 2.75) is 22.0 Å². The van der Waals surface area contributed by atoms with E-state index in [0.717, 1.165) is 16.3 Å². The van der Waals surface area contributed by atoms with E-state index >= 15 is 0 Å². The number of nitrogens with zero attached hydrogens (tertiary/aromatic N) is 3. The summed E-state index contributed by atoms with van der Waals surface area (Å²) in [5.74, 6) is -0.291. The molecule has 0 atom stereocenters. The summed E-state index contributed by atoms with van der Waals surface area (Å²) in [5, 5.41) is 7.55. The van der Waals surface area contributed by atoms with Gasteiger partial charge in [-0.15, -0.1) is 23.5 Å². The van der Waals surface area contributed by atoms with E-state index in [-0.39, 0.29) is 12.5 Å². The maximum absolute atomic E-state index is 12.8. The molecule has 2 aromatic heterocycles. The van der Waals surface area contributed by atoms with E-state index < -0.39 is 11.7 Å². The zero-order valence-corrected chi connectivity index (χ0v) is 17.2. The molecule has 0 saturated heterocycles. The number of alkyl halides is 3. The van der Waals surface area contributed by atoms with Gasteiger partial charge in [-0.05, 0) is 41.7 Å². The molecular weight excluding hydrogens is 429 g/mol. The van der Waals surface area contributed by atoms with Gasteiger partial charge in [-0.1, -0.05) is 12.1 Å². The number of anilines is 1. The van der Waals surface area contributed by atoms with Gasteiger partial charge in [0.2, 0.25) is 0 Å². The minimum absolute atomic E-state index is 0.159. The monoisotopic (exact) mass is 444 g/mol. The predicted octanol–water partition coefficient (Wildman–Crippen LogP) is 5.10. The minimum Gasteiger partial charge on any atom is -0.319 e. The SMILES string of the molecule is CSc1nsc(SC)c1C(=O)Nc1cnn(Cc2cccc(C(F)(F)F)c2)c1. The number of nitrogens with one attached hydrogen (secondary N) is 1. The quantitative estimate of drug-likeness (QED) is 0.536. The Morgan fingerprint density at radius 3 is 2.75 bits per heavy atom. The first-order valence-corrected chi connectivity index (χ1v) is 11.1. The van der Waals surface area contributed by atoms with Crippen molar-refractivity contribution in [1.29, 1.82) is 0 Å². The Kier molecular flexibility index (Phi) is 6.36. The van der Waals surface area contributed by atoms with E-state index in [1.165, 1.54) is 52.0 Å². The van der Waals surface area contributed by atoms with Gasteiger partial charge in [-0.2, -0.15) is 22.6 Å². The van der Waals surface area contributed by atoms with E-state index in [2.05, 4.69) is 14.8 Å². The molecule has 11 heteroatoms. The standard InChI is InChI=1S/C17H15F3N4OS3/c1-26-15-13(16(27-2)28-23-15)14(25)22-12-7-21-24(9-12)8-10-4-3-5-11(6-10)17(18,19)20/h3-7,9H,8H2,1-2H3,(H,22,25). The molecule has 3 rings (SSSR count). The van der Waals surface area contributed by atoms with Gasteiger partial charge >= 0.3 is 6.18 Å². The first-order valence-electron chi connectivity index (χ1n) is 7.89. The number of aromatic nitrogens is 3. The maximum atomic E-state index is 12.8. The Morgan fingerprint density at radius 1 is 1.29 bits per heavy atom. The molecule has 3 aromatic rings. The first-order chi connectivity index (χ1) is 13.3. The molecule has 1 N–H and O–H groups in total. The summed E-state index contributed by atoms with van der Waals surface area (Å²) < 4.78 is 45.1. The molecule has 148 valence electrons. The Balaban J connectivity index is 1.73. The molecule has 0 bridgehead atoms. The highest BCUT2D eigenvalue weighted by Crippen LogP contribution is 2.33. The van der Waals surface area contributed by atoms with Crippen LogP contribution in [0.5, 0.6) is 0 Å². The second-order valence-corrected chi connectivity index (χ2v) is 8.28. The van der Waals surface area contributed by atoms with Crippen LogP contribution in [0.2, 0.25) is 0 Å². The smallest absolute Gasteiger partial charge is 0.319 e. The average molecular weight is 445 g/mol. The molecule has 28 heavy (non-hydrogen) atoms. The third-order valence-corrected chi connectivity index (χ3v) is 6.47. The fourth-order valence-electron chi connectivity index (χ4n) is 2.47. The first kappa shape index (κ1) is 20.7. The molecule has 0 aliphatic rings. The normalized spacial score (nSPS) is 11.6. The summed E-state index contributed by atoms with van der Waals surface area (Å²) in [7, 11) is 0. The van der Waals surface area contributed by atoms with Gasteiger partial charge in [0.05, 0.1) is 33.8 Å². The zero-order valence-electron chi connectivity index (χ0n) is 14.8. The molecule has 1 aromatic carbocycles. The van der Waals surface area contributed by atoms with Crippen LogP contribution in [0.3, 0.4) is 0 Å². The summed E-state index contributed by atoms with van der Waals surface area (Å²) in [4.78, 5) is 12.6. The lowest BCUT2D eigenvalue weighted by molar-refractivity contribution is -0.137. The van der Waals surface area contributed by atoms with Gasteiger partial charge in [-0.3, -0.25) is 9.48 Å². The van der Waals surface area contributed by atoms with Crippen LogP contribution >= 0.6 is 35.1 Å². The summed E-state index contributed by atoms with van der Waals surface area (Å²) in [6.07, 6.45) is 2.38. The second-order valence-electron chi connectivity index (χ2n) is 5.64. The van der Waals surface area contributed by atoms with E-state index in [4.69, 9.17) is 0 Å². The summed E-state index contributed by atoms with van der Waals surface area (Å²) in [6, 6.07) is 5.08. The Bertz CT molecular complexity index is 963. The fourth-order valence-corrected chi connectivity index (χ4v) is 4.75. The number of amides is 1. The molecule has 5 nitrogen and oxygen atoms in total. The number of rotatable bonds is 6. The lowest BCUT2D eigenvalue weighted by atomic mass is 10.1. The van der Waals surface area contributed by atoms with Crippen LogP contribution in [0, 0.1) is 0 Å². The van der Waals surface area contributed by atoms with E-state index in [0.29, 0.717) is 21.8 Å². The lowest BCUT2D eigenvalue weighted by Gasteiger charge is -2.08. The summed E-state index contributed by atoms with van der Waals surface area (Å²) in [5.41, 5.74) is 0.745. The molecule has 0 aliphatic carbocycles. The number of benzene rings is 1. The number of thioether (sulfide) groups is 2. The molecule has 0 unspecified atom stereocenters. The van der Waals surface area contributed by atoms with Crippen LogP contribution in [0.15, 0.2) is 45.9 Å². The summed E-state index contributed by atoms with van der Waals surface area (Å²) in [6.45, 7) is 0.159. The summed E-state index contributed by atoms with van der Waals surface area (Å²) >= 11 is 4.11. The molecule has 1 amide bonds. The highest BCUT2D eigenvalue weighted by Gasteiger charge is 2.30. The van der Waals surface area contributed by atoms with E-state index in [1.807, 2.05) is 12.5 Å². The third kappa shape index (κ3) is 4.70. The Hall–Kier alpha value is -1.98. The number of carbonyl (C=O) groups is 1. The highest BCUT2D eigenvalue weighted by molar-refractivity contribution is 8.01. The van der Waals surface area contributed by atoms with Gasteiger partial charge in [0.15, 0.2) is 0 Å². The van der Waals surface area contributed by atoms with E-state index in [1.54, 1.807) is 12.3 Å². The van der Waals surface area contributed by atoms with Crippen molar-refractivity contribution in [2.75, 3.05) is 17.8 Å². The molecule has 0 fully saturated rings. The molecule has 2 heterocycles. The van der Waals surface area contributed by atoms with Gasteiger partial charge in [0, 0.05) is 6.20 Å². The van der Waals surface area contributed by atoms with Crippen molar-refractivity contribution in [1.82, 2.24) is 14.2 Å². The number of carbonyl (C=O) groups excluding carboxylic acids is 1. The zero-order chi connectivity index (χ0) is 20.3. The van der Waals surface area contributed by atoms with E-state index in [9.17, 15) is 18.0 Å². The molecule has 0 spiro atoms. The second kappa shape index (κ2) is 8.58. The molecular formula is C17H15F3N4OS3. The van der Waals surface area contributed by atoms with Crippen molar-refractivity contribution in [3.05, 3.63) is 53.3 Å². The molecule has 0 aliphatic heterocycles. The number of halogens is 3.